The van der Waals surface area contributed by atoms with E-state index in [1.165, 1.54) is 22.3 Å². The minimum Gasteiger partial charge on any atom is -0.454 e. The molecule has 0 aliphatic rings. The zero-order valence-electron chi connectivity index (χ0n) is 24.0. The molecule has 6 aromatic carbocycles. The predicted octanol–water partition coefficient (Wildman–Crippen LogP) is 11.5. The maximum absolute atomic E-state index is 6.28. The van der Waals surface area contributed by atoms with E-state index >= 15 is 0 Å². The van der Waals surface area contributed by atoms with Gasteiger partial charge in [-0.05, 0) is 70.3 Å². The molecule has 0 spiro atoms. The highest BCUT2D eigenvalue weighted by Crippen LogP contribution is 2.39. The molecule has 0 atom stereocenters. The van der Waals surface area contributed by atoms with Gasteiger partial charge >= 0.3 is 0 Å². The fraction of sp³-hybridized carbons (Fsp3) is 0. The van der Waals surface area contributed by atoms with Crippen LogP contribution in [0.1, 0.15) is 0 Å². The van der Waals surface area contributed by atoms with E-state index in [0.717, 1.165) is 50.1 Å². The Balaban J connectivity index is 1.19. The monoisotopic (exact) mass is 564 g/mol. The molecular formula is C41H28N2O. The van der Waals surface area contributed by atoms with Crippen LogP contribution < -0.4 is 4.90 Å². The summed E-state index contributed by atoms with van der Waals surface area (Å²) in [5, 5.41) is 2.18. The van der Waals surface area contributed by atoms with Crippen molar-refractivity contribution in [1.29, 1.82) is 0 Å². The van der Waals surface area contributed by atoms with Gasteiger partial charge in [0.05, 0.1) is 6.20 Å². The summed E-state index contributed by atoms with van der Waals surface area (Å²) in [4.78, 5) is 6.55. The van der Waals surface area contributed by atoms with Crippen LogP contribution >= 0.6 is 0 Å². The van der Waals surface area contributed by atoms with Crippen LogP contribution in [0, 0.1) is 0 Å². The molecule has 208 valence electrons. The largest absolute Gasteiger partial charge is 0.454 e. The zero-order chi connectivity index (χ0) is 29.3. The lowest BCUT2D eigenvalue weighted by atomic mass is 10.0. The average Bonchev–Trinajstić information content (AvgIpc) is 3.49. The second-order valence-electron chi connectivity index (χ2n) is 10.9. The fourth-order valence-electron chi connectivity index (χ4n) is 5.98. The van der Waals surface area contributed by atoms with Crippen molar-refractivity contribution < 1.29 is 4.42 Å². The van der Waals surface area contributed by atoms with E-state index < -0.39 is 0 Å². The lowest BCUT2D eigenvalue weighted by molar-refractivity contribution is 0.668. The molecular weight excluding hydrogens is 536 g/mol. The van der Waals surface area contributed by atoms with E-state index in [9.17, 15) is 0 Å². The third-order valence-electron chi connectivity index (χ3n) is 8.20. The maximum Gasteiger partial charge on any atom is 0.153 e. The number of furan rings is 1. The number of para-hydroxylation sites is 1. The summed E-state index contributed by atoms with van der Waals surface area (Å²) in [6.07, 6.45) is 3.60. The Labute approximate surface area is 256 Å². The van der Waals surface area contributed by atoms with Crippen molar-refractivity contribution in [3.63, 3.8) is 0 Å². The van der Waals surface area contributed by atoms with E-state index in [-0.39, 0.29) is 0 Å². The van der Waals surface area contributed by atoms with Gasteiger partial charge in [-0.25, -0.2) is 0 Å². The minimum atomic E-state index is 0.802. The van der Waals surface area contributed by atoms with Crippen LogP contribution in [-0.4, -0.2) is 4.98 Å². The summed E-state index contributed by atoms with van der Waals surface area (Å²) in [6, 6.07) is 55.6. The molecule has 0 radical (unpaired) electrons. The number of hydrogen-bond donors (Lipinski definition) is 0. The van der Waals surface area contributed by atoms with Crippen LogP contribution in [0.2, 0.25) is 0 Å². The number of pyridine rings is 1. The first-order chi connectivity index (χ1) is 21.8. The van der Waals surface area contributed by atoms with Crippen molar-refractivity contribution in [3.8, 4) is 33.4 Å². The highest BCUT2D eigenvalue weighted by molar-refractivity contribution is 6.09. The Bertz CT molecular complexity index is 2100. The van der Waals surface area contributed by atoms with Gasteiger partial charge < -0.3 is 9.32 Å². The van der Waals surface area contributed by atoms with Gasteiger partial charge in [-0.3, -0.25) is 4.98 Å². The van der Waals surface area contributed by atoms with Crippen LogP contribution in [0.5, 0.6) is 0 Å². The van der Waals surface area contributed by atoms with Gasteiger partial charge in [0.1, 0.15) is 5.58 Å². The third-order valence-corrected chi connectivity index (χ3v) is 8.20. The Morgan fingerprint density at radius 2 is 0.909 bits per heavy atom. The molecule has 2 aromatic heterocycles. The standard InChI is InChI=1S/C41H28N2O/c1-3-8-29(9-4-1)31-14-20-34(21-15-31)43(35-22-16-32(17-23-35)30-10-5-2-6-11-30)36-24-18-33(19-25-36)37-12-7-13-39-38-26-27-42-28-40(38)44-41(37)39/h1-28H. The maximum atomic E-state index is 6.28. The number of rotatable bonds is 6. The van der Waals surface area contributed by atoms with Crippen molar-refractivity contribution in [2.75, 3.05) is 4.90 Å². The lowest BCUT2D eigenvalue weighted by Crippen LogP contribution is -2.09. The van der Waals surface area contributed by atoms with E-state index in [2.05, 4.69) is 149 Å². The summed E-state index contributed by atoms with van der Waals surface area (Å²) in [5.74, 6) is 0. The normalized spacial score (nSPS) is 11.2. The summed E-state index contributed by atoms with van der Waals surface area (Å²) in [6.45, 7) is 0. The second kappa shape index (κ2) is 11.0. The van der Waals surface area contributed by atoms with Crippen LogP contribution in [0.15, 0.2) is 175 Å². The van der Waals surface area contributed by atoms with Crippen LogP contribution in [-0.2, 0) is 0 Å². The van der Waals surface area contributed by atoms with Crippen molar-refractivity contribution in [3.05, 3.63) is 170 Å². The smallest absolute Gasteiger partial charge is 0.153 e. The van der Waals surface area contributed by atoms with Crippen molar-refractivity contribution in [1.82, 2.24) is 4.98 Å². The van der Waals surface area contributed by atoms with Crippen LogP contribution in [0.3, 0.4) is 0 Å². The first-order valence-corrected chi connectivity index (χ1v) is 14.8. The van der Waals surface area contributed by atoms with Gasteiger partial charge in [-0.15, -0.1) is 0 Å². The molecule has 0 aliphatic carbocycles. The zero-order valence-corrected chi connectivity index (χ0v) is 24.0. The molecule has 0 unspecified atom stereocenters. The Hall–Kier alpha value is -5.93. The molecule has 3 nitrogen and oxygen atoms in total. The SMILES string of the molecule is c1ccc(-c2ccc(N(c3ccc(-c4ccccc4)cc3)c3ccc(-c4cccc5c4oc4cnccc45)cc3)cc2)cc1. The first kappa shape index (κ1) is 25.8. The van der Waals surface area contributed by atoms with Crippen LogP contribution in [0.25, 0.3) is 55.3 Å². The molecule has 2 heterocycles. The quantitative estimate of drug-likeness (QED) is 0.201. The molecule has 0 fully saturated rings. The van der Waals surface area contributed by atoms with Crippen molar-refractivity contribution in [2.24, 2.45) is 0 Å². The topological polar surface area (TPSA) is 29.3 Å². The summed E-state index contributed by atoms with van der Waals surface area (Å²) < 4.78 is 6.28. The predicted molar refractivity (Wildman–Crippen MR) is 183 cm³/mol. The Morgan fingerprint density at radius 1 is 0.409 bits per heavy atom. The molecule has 0 amide bonds. The highest BCUT2D eigenvalue weighted by atomic mass is 16.3. The molecule has 0 saturated heterocycles. The second-order valence-corrected chi connectivity index (χ2v) is 10.9. The van der Waals surface area contributed by atoms with E-state index in [1.807, 2.05) is 24.4 Å². The van der Waals surface area contributed by atoms with Gasteiger partial charge in [0, 0.05) is 39.6 Å². The number of hydrogen-bond acceptors (Lipinski definition) is 3. The average molecular weight is 565 g/mol. The van der Waals surface area contributed by atoms with Gasteiger partial charge in [0.2, 0.25) is 0 Å². The van der Waals surface area contributed by atoms with Crippen LogP contribution in [0.4, 0.5) is 17.1 Å². The molecule has 44 heavy (non-hydrogen) atoms. The van der Waals surface area contributed by atoms with E-state index in [4.69, 9.17) is 4.42 Å². The molecule has 3 heteroatoms. The number of nitrogens with zero attached hydrogens (tertiary/aromatic N) is 2. The molecule has 8 rings (SSSR count). The first-order valence-electron chi connectivity index (χ1n) is 14.8. The van der Waals surface area contributed by atoms with Gasteiger partial charge in [-0.2, -0.15) is 0 Å². The van der Waals surface area contributed by atoms with Gasteiger partial charge in [0.15, 0.2) is 5.58 Å². The van der Waals surface area contributed by atoms with E-state index in [1.54, 1.807) is 6.20 Å². The molecule has 0 N–H and O–H groups in total. The van der Waals surface area contributed by atoms with E-state index in [0.29, 0.717) is 0 Å². The van der Waals surface area contributed by atoms with Gasteiger partial charge in [-0.1, -0.05) is 115 Å². The minimum absolute atomic E-state index is 0.802. The highest BCUT2D eigenvalue weighted by Gasteiger charge is 2.16. The molecule has 0 saturated carbocycles. The summed E-state index contributed by atoms with van der Waals surface area (Å²) in [5.41, 5.74) is 11.9. The molecule has 0 aliphatic heterocycles. The molecule has 8 aromatic rings. The number of aromatic nitrogens is 1. The number of fused-ring (bicyclic) bond motifs is 3. The summed E-state index contributed by atoms with van der Waals surface area (Å²) >= 11 is 0. The number of anilines is 3. The van der Waals surface area contributed by atoms with Gasteiger partial charge in [0.25, 0.3) is 0 Å². The lowest BCUT2D eigenvalue weighted by Gasteiger charge is -2.26. The molecule has 0 bridgehead atoms. The van der Waals surface area contributed by atoms with Crippen molar-refractivity contribution in [2.45, 2.75) is 0 Å². The number of benzene rings is 6. The summed E-state index contributed by atoms with van der Waals surface area (Å²) in [7, 11) is 0. The Kier molecular flexibility index (Phi) is 6.47. The Morgan fingerprint density at radius 3 is 1.45 bits per heavy atom. The van der Waals surface area contributed by atoms with Crippen molar-refractivity contribution >= 4 is 39.0 Å². The third kappa shape index (κ3) is 4.71. The fourth-order valence-corrected chi connectivity index (χ4v) is 5.98.